The van der Waals surface area contributed by atoms with Crippen molar-refractivity contribution in [1.29, 1.82) is 0 Å². The Balaban J connectivity index is 2.56. The fourth-order valence-electron chi connectivity index (χ4n) is 1.48. The Morgan fingerprint density at radius 1 is 1.41 bits per heavy atom. The molecule has 1 aromatic carbocycles. The van der Waals surface area contributed by atoms with Gasteiger partial charge in [0, 0.05) is 12.1 Å². The summed E-state index contributed by atoms with van der Waals surface area (Å²) in [7, 11) is 0. The van der Waals surface area contributed by atoms with Gasteiger partial charge in [-0.05, 0) is 37.7 Å². The van der Waals surface area contributed by atoms with Crippen LogP contribution >= 0.6 is 12.2 Å². The highest BCUT2D eigenvalue weighted by atomic mass is 32.1. The maximum Gasteiger partial charge on any atom is 0.171 e. The first kappa shape index (κ1) is 13.8. The normalized spacial score (nSPS) is 12.0. The summed E-state index contributed by atoms with van der Waals surface area (Å²) >= 11 is 5.04. The summed E-state index contributed by atoms with van der Waals surface area (Å²) in [5, 5.41) is 6.08. The Morgan fingerprint density at radius 3 is 2.71 bits per heavy atom. The molecule has 0 aliphatic carbocycles. The van der Waals surface area contributed by atoms with Gasteiger partial charge in [-0.3, -0.25) is 0 Å². The maximum absolute atomic E-state index is 13.3. The highest BCUT2D eigenvalue weighted by molar-refractivity contribution is 7.80. The number of benzene rings is 1. The molecule has 17 heavy (non-hydrogen) atoms. The topological polar surface area (TPSA) is 24.1 Å². The molecule has 1 atom stereocenters. The van der Waals surface area contributed by atoms with Gasteiger partial charge in [-0.2, -0.15) is 0 Å². The van der Waals surface area contributed by atoms with Gasteiger partial charge in [0.15, 0.2) is 5.11 Å². The second-order valence-electron chi connectivity index (χ2n) is 3.91. The van der Waals surface area contributed by atoms with E-state index in [9.17, 15) is 8.78 Å². The van der Waals surface area contributed by atoms with Crippen LogP contribution in [0.4, 0.5) is 14.5 Å². The average Bonchev–Trinajstić information content (AvgIpc) is 2.22. The molecular weight excluding hydrogens is 242 g/mol. The summed E-state index contributed by atoms with van der Waals surface area (Å²) in [6.07, 6.45) is 2.02. The summed E-state index contributed by atoms with van der Waals surface area (Å²) in [5.41, 5.74) is 0.174. The summed E-state index contributed by atoms with van der Waals surface area (Å²) in [5.74, 6) is -1.26. The minimum Gasteiger partial charge on any atom is -0.360 e. The lowest BCUT2D eigenvalue weighted by Gasteiger charge is -2.16. The quantitative estimate of drug-likeness (QED) is 0.809. The lowest BCUT2D eigenvalue weighted by atomic mass is 10.2. The molecule has 2 nitrogen and oxygen atoms in total. The second-order valence-corrected chi connectivity index (χ2v) is 4.32. The second kappa shape index (κ2) is 6.49. The first-order chi connectivity index (χ1) is 8.02. The molecule has 1 aromatic rings. The maximum atomic E-state index is 13.3. The molecule has 0 saturated heterocycles. The molecule has 2 N–H and O–H groups in total. The summed E-state index contributed by atoms with van der Waals surface area (Å²) < 4.78 is 26.0. The van der Waals surface area contributed by atoms with Gasteiger partial charge in [0.2, 0.25) is 0 Å². The minimum atomic E-state index is -0.655. The number of halogens is 2. The van der Waals surface area contributed by atoms with Crippen molar-refractivity contribution in [3.8, 4) is 0 Å². The molecular formula is C12H16F2N2S. The standard InChI is InChI=1S/C12H16F2N2S/c1-3-4-8(2)15-12(17)16-11-6-5-9(13)7-10(11)14/h5-8H,3-4H2,1-2H3,(H2,15,16,17)/t8-/m1/s1. The molecule has 0 fully saturated rings. The van der Waals surface area contributed by atoms with Crippen LogP contribution in [0, 0.1) is 11.6 Å². The Labute approximate surface area is 105 Å². The van der Waals surface area contributed by atoms with Crippen LogP contribution in [0.25, 0.3) is 0 Å². The van der Waals surface area contributed by atoms with E-state index in [0.717, 1.165) is 18.9 Å². The summed E-state index contributed by atoms with van der Waals surface area (Å²) in [4.78, 5) is 0. The molecule has 0 radical (unpaired) electrons. The summed E-state index contributed by atoms with van der Waals surface area (Å²) in [6.45, 7) is 4.08. The zero-order chi connectivity index (χ0) is 12.8. The number of nitrogens with one attached hydrogen (secondary N) is 2. The number of hydrogen-bond acceptors (Lipinski definition) is 1. The first-order valence-electron chi connectivity index (χ1n) is 5.55. The van der Waals surface area contributed by atoms with E-state index in [1.54, 1.807) is 0 Å². The number of anilines is 1. The van der Waals surface area contributed by atoms with Crippen LogP contribution in [0.15, 0.2) is 18.2 Å². The van der Waals surface area contributed by atoms with Gasteiger partial charge < -0.3 is 10.6 Å². The molecule has 0 aromatic heterocycles. The first-order valence-corrected chi connectivity index (χ1v) is 5.96. The molecule has 0 bridgehead atoms. The molecule has 5 heteroatoms. The smallest absolute Gasteiger partial charge is 0.171 e. The van der Waals surface area contributed by atoms with E-state index >= 15 is 0 Å². The van der Waals surface area contributed by atoms with E-state index in [-0.39, 0.29) is 11.7 Å². The third kappa shape index (κ3) is 4.65. The monoisotopic (exact) mass is 258 g/mol. The Kier molecular flexibility index (Phi) is 5.28. The predicted octanol–water partition coefficient (Wildman–Crippen LogP) is 3.44. The summed E-state index contributed by atoms with van der Waals surface area (Å²) in [6, 6.07) is 3.55. The third-order valence-corrected chi connectivity index (χ3v) is 2.50. The number of rotatable bonds is 4. The molecule has 0 spiro atoms. The van der Waals surface area contributed by atoms with Gasteiger partial charge in [0.25, 0.3) is 0 Å². The van der Waals surface area contributed by atoms with E-state index in [4.69, 9.17) is 12.2 Å². The van der Waals surface area contributed by atoms with Gasteiger partial charge in [0.05, 0.1) is 5.69 Å². The minimum absolute atomic E-state index is 0.174. The van der Waals surface area contributed by atoms with Crippen LogP contribution in [-0.4, -0.2) is 11.2 Å². The van der Waals surface area contributed by atoms with Crippen molar-refractivity contribution in [2.45, 2.75) is 32.7 Å². The molecule has 0 amide bonds. The molecule has 1 rings (SSSR count). The van der Waals surface area contributed by atoms with Crippen molar-refractivity contribution in [3.05, 3.63) is 29.8 Å². The largest absolute Gasteiger partial charge is 0.360 e. The SMILES string of the molecule is CCC[C@@H](C)NC(=S)Nc1ccc(F)cc1F. The van der Waals surface area contributed by atoms with Crippen molar-refractivity contribution in [2.75, 3.05) is 5.32 Å². The zero-order valence-corrected chi connectivity index (χ0v) is 10.7. The van der Waals surface area contributed by atoms with Crippen LogP contribution in [0.5, 0.6) is 0 Å². The number of hydrogen-bond donors (Lipinski definition) is 2. The number of thiocarbonyl (C=S) groups is 1. The Morgan fingerprint density at radius 2 is 2.12 bits per heavy atom. The third-order valence-electron chi connectivity index (χ3n) is 2.28. The van der Waals surface area contributed by atoms with Crippen molar-refractivity contribution in [2.24, 2.45) is 0 Å². The average molecular weight is 258 g/mol. The van der Waals surface area contributed by atoms with E-state index < -0.39 is 11.6 Å². The lowest BCUT2D eigenvalue weighted by Crippen LogP contribution is -2.35. The Bertz CT molecular complexity index is 396. The van der Waals surface area contributed by atoms with Crippen molar-refractivity contribution in [1.82, 2.24) is 5.32 Å². The van der Waals surface area contributed by atoms with Crippen LogP contribution in [0.1, 0.15) is 26.7 Å². The molecule has 0 heterocycles. The molecule has 94 valence electrons. The molecule has 0 aliphatic heterocycles. The van der Waals surface area contributed by atoms with Crippen molar-refractivity contribution < 1.29 is 8.78 Å². The van der Waals surface area contributed by atoms with Gasteiger partial charge in [0.1, 0.15) is 11.6 Å². The highest BCUT2D eigenvalue weighted by Gasteiger charge is 2.07. The van der Waals surface area contributed by atoms with Crippen LogP contribution in [0.3, 0.4) is 0 Å². The fourth-order valence-corrected chi connectivity index (χ4v) is 1.79. The van der Waals surface area contributed by atoms with E-state index in [1.165, 1.54) is 12.1 Å². The van der Waals surface area contributed by atoms with Gasteiger partial charge in [-0.25, -0.2) is 8.78 Å². The van der Waals surface area contributed by atoms with E-state index in [0.29, 0.717) is 5.11 Å². The molecule has 0 saturated carbocycles. The van der Waals surface area contributed by atoms with Crippen LogP contribution < -0.4 is 10.6 Å². The zero-order valence-electron chi connectivity index (χ0n) is 9.89. The highest BCUT2D eigenvalue weighted by Crippen LogP contribution is 2.14. The van der Waals surface area contributed by atoms with Gasteiger partial charge >= 0.3 is 0 Å². The van der Waals surface area contributed by atoms with Crippen LogP contribution in [-0.2, 0) is 0 Å². The fraction of sp³-hybridized carbons (Fsp3) is 0.417. The van der Waals surface area contributed by atoms with Crippen molar-refractivity contribution in [3.63, 3.8) is 0 Å². The molecule has 0 aliphatic rings. The van der Waals surface area contributed by atoms with E-state index in [1.807, 2.05) is 6.92 Å². The lowest BCUT2D eigenvalue weighted by molar-refractivity contribution is 0.584. The van der Waals surface area contributed by atoms with Gasteiger partial charge in [-0.15, -0.1) is 0 Å². The van der Waals surface area contributed by atoms with Crippen molar-refractivity contribution >= 4 is 23.0 Å². The van der Waals surface area contributed by atoms with Gasteiger partial charge in [-0.1, -0.05) is 13.3 Å². The molecule has 0 unspecified atom stereocenters. The van der Waals surface area contributed by atoms with Crippen LogP contribution in [0.2, 0.25) is 0 Å². The van der Waals surface area contributed by atoms with E-state index in [2.05, 4.69) is 17.6 Å². The Hall–Kier alpha value is -1.23. The predicted molar refractivity (Wildman–Crippen MR) is 70.1 cm³/mol.